The zero-order chi connectivity index (χ0) is 9.38. The van der Waals surface area contributed by atoms with Gasteiger partial charge >= 0.3 is 0 Å². The Hall–Kier alpha value is -0.680. The minimum Gasteiger partial charge on any atom is -0.356 e. The van der Waals surface area contributed by atoms with Crippen LogP contribution in [0.4, 0.5) is 5.13 Å². The molecule has 0 amide bonds. The molecular weight excluding hydrogens is 196 g/mol. The highest BCUT2D eigenvalue weighted by molar-refractivity contribution is 7.09. The van der Waals surface area contributed by atoms with Crippen molar-refractivity contribution < 1.29 is 0 Å². The average Bonchev–Trinajstić information content (AvgIpc) is 2.75. The summed E-state index contributed by atoms with van der Waals surface area (Å²) in [4.78, 5) is 6.74. The third kappa shape index (κ3) is 1.74. The van der Waals surface area contributed by atoms with E-state index in [4.69, 9.17) is 0 Å². The molecule has 0 bridgehead atoms. The van der Waals surface area contributed by atoms with Crippen LogP contribution >= 0.6 is 11.5 Å². The minimum atomic E-state index is 0.587. The van der Waals surface area contributed by atoms with Crippen molar-refractivity contribution in [3.63, 3.8) is 0 Å². The van der Waals surface area contributed by atoms with Crippen LogP contribution in [0.3, 0.4) is 0 Å². The van der Waals surface area contributed by atoms with E-state index in [1.807, 2.05) is 0 Å². The maximum Gasteiger partial charge on any atom is 0.202 e. The number of likely N-dealkylation sites (tertiary alicyclic amines) is 1. The lowest BCUT2D eigenvalue weighted by Crippen LogP contribution is -2.27. The van der Waals surface area contributed by atoms with E-state index < -0.39 is 0 Å². The van der Waals surface area contributed by atoms with Crippen molar-refractivity contribution in [3.05, 3.63) is 6.33 Å². The molecule has 0 spiro atoms. The second-order valence-electron chi connectivity index (χ2n) is 4.10. The lowest BCUT2D eigenvalue weighted by Gasteiger charge is -2.14. The van der Waals surface area contributed by atoms with Gasteiger partial charge in [-0.2, -0.15) is 4.37 Å². The third-order valence-corrected chi connectivity index (χ3v) is 3.57. The molecule has 1 atom stereocenters. The van der Waals surface area contributed by atoms with E-state index in [9.17, 15) is 0 Å². The molecule has 5 heteroatoms. The Morgan fingerprint density at radius 1 is 1.43 bits per heavy atom. The second kappa shape index (κ2) is 3.47. The zero-order valence-corrected chi connectivity index (χ0v) is 8.83. The van der Waals surface area contributed by atoms with Crippen molar-refractivity contribution >= 4 is 16.7 Å². The van der Waals surface area contributed by atoms with Gasteiger partial charge in [0.1, 0.15) is 6.33 Å². The fraction of sp³-hybridized carbons (Fsp3) is 0.778. The molecule has 76 valence electrons. The molecule has 1 aliphatic heterocycles. The summed E-state index contributed by atoms with van der Waals surface area (Å²) in [6, 6.07) is 1.49. The molecule has 1 saturated heterocycles. The number of aromatic nitrogens is 2. The van der Waals surface area contributed by atoms with Crippen molar-refractivity contribution in [1.29, 1.82) is 0 Å². The van der Waals surface area contributed by atoms with Crippen LogP contribution in [-0.4, -0.2) is 39.4 Å². The van der Waals surface area contributed by atoms with Gasteiger partial charge in [-0.05, 0) is 19.3 Å². The molecule has 2 aliphatic rings. The van der Waals surface area contributed by atoms with Crippen LogP contribution in [0.5, 0.6) is 0 Å². The number of nitrogens with one attached hydrogen (secondary N) is 1. The summed E-state index contributed by atoms with van der Waals surface area (Å²) in [5.41, 5.74) is 0. The lowest BCUT2D eigenvalue weighted by atomic mass is 10.3. The molecule has 3 rings (SSSR count). The van der Waals surface area contributed by atoms with E-state index in [0.29, 0.717) is 6.04 Å². The van der Waals surface area contributed by atoms with Crippen LogP contribution in [0.25, 0.3) is 0 Å². The number of rotatable bonds is 3. The Morgan fingerprint density at radius 3 is 3.07 bits per heavy atom. The molecule has 2 fully saturated rings. The minimum absolute atomic E-state index is 0.587. The predicted molar refractivity (Wildman–Crippen MR) is 56.5 cm³/mol. The maximum absolute atomic E-state index is 4.14. The Labute approximate surface area is 87.5 Å². The van der Waals surface area contributed by atoms with Gasteiger partial charge in [-0.1, -0.05) is 0 Å². The van der Waals surface area contributed by atoms with Crippen LogP contribution in [0.1, 0.15) is 19.3 Å². The van der Waals surface area contributed by atoms with Gasteiger partial charge in [0.25, 0.3) is 0 Å². The van der Waals surface area contributed by atoms with Gasteiger partial charge in [-0.25, -0.2) is 4.98 Å². The van der Waals surface area contributed by atoms with E-state index in [2.05, 4.69) is 19.6 Å². The number of hydrogen-bond donors (Lipinski definition) is 1. The molecule has 1 N–H and O–H groups in total. The molecule has 0 radical (unpaired) electrons. The molecule has 0 aromatic carbocycles. The number of anilines is 1. The molecule has 1 aromatic rings. The van der Waals surface area contributed by atoms with Crippen LogP contribution in [0.2, 0.25) is 0 Å². The molecule has 1 unspecified atom stereocenters. The molecule has 4 nitrogen and oxygen atoms in total. The Balaban J connectivity index is 1.55. The summed E-state index contributed by atoms with van der Waals surface area (Å²) < 4.78 is 3.99. The predicted octanol–water partition coefficient (Wildman–Crippen LogP) is 1.19. The molecule has 1 saturated carbocycles. The number of hydrogen-bond acceptors (Lipinski definition) is 5. The highest BCUT2D eigenvalue weighted by Crippen LogP contribution is 2.30. The SMILES string of the molecule is c1nsc(NC2CCN(C3CC3)C2)n1. The van der Waals surface area contributed by atoms with Gasteiger partial charge in [0.05, 0.1) is 0 Å². The van der Waals surface area contributed by atoms with Gasteiger partial charge in [-0.15, -0.1) is 0 Å². The quantitative estimate of drug-likeness (QED) is 0.813. The second-order valence-corrected chi connectivity index (χ2v) is 4.88. The molecular formula is C9H14N4S. The summed E-state index contributed by atoms with van der Waals surface area (Å²) in [6.07, 6.45) is 5.67. The van der Waals surface area contributed by atoms with E-state index in [1.54, 1.807) is 6.33 Å². The highest BCUT2D eigenvalue weighted by atomic mass is 32.1. The summed E-state index contributed by atoms with van der Waals surface area (Å²) in [6.45, 7) is 2.44. The van der Waals surface area contributed by atoms with Crippen LogP contribution in [0, 0.1) is 0 Å². The van der Waals surface area contributed by atoms with Crippen molar-refractivity contribution in [3.8, 4) is 0 Å². The Kier molecular flexibility index (Phi) is 2.14. The van der Waals surface area contributed by atoms with Crippen molar-refractivity contribution in [1.82, 2.24) is 14.3 Å². The van der Waals surface area contributed by atoms with Crippen LogP contribution in [-0.2, 0) is 0 Å². The Bertz CT molecular complexity index is 296. The monoisotopic (exact) mass is 210 g/mol. The summed E-state index contributed by atoms with van der Waals surface area (Å²) in [7, 11) is 0. The van der Waals surface area contributed by atoms with Crippen molar-refractivity contribution in [2.45, 2.75) is 31.3 Å². The van der Waals surface area contributed by atoms with Gasteiger partial charge in [-0.3, -0.25) is 4.90 Å². The first kappa shape index (κ1) is 8.61. The number of nitrogens with zero attached hydrogens (tertiary/aromatic N) is 3. The largest absolute Gasteiger partial charge is 0.356 e. The summed E-state index contributed by atoms with van der Waals surface area (Å²) in [5.74, 6) is 0. The Morgan fingerprint density at radius 2 is 2.36 bits per heavy atom. The first-order chi connectivity index (χ1) is 6.92. The first-order valence-corrected chi connectivity index (χ1v) is 5.96. The average molecular weight is 210 g/mol. The normalized spacial score (nSPS) is 28.1. The summed E-state index contributed by atoms with van der Waals surface area (Å²) in [5, 5.41) is 4.40. The maximum atomic E-state index is 4.14. The van der Waals surface area contributed by atoms with Gasteiger partial charge in [0.15, 0.2) is 0 Å². The van der Waals surface area contributed by atoms with E-state index >= 15 is 0 Å². The van der Waals surface area contributed by atoms with Gasteiger partial charge in [0, 0.05) is 36.7 Å². The van der Waals surface area contributed by atoms with E-state index in [-0.39, 0.29) is 0 Å². The zero-order valence-electron chi connectivity index (χ0n) is 8.02. The topological polar surface area (TPSA) is 41.1 Å². The standard InChI is InChI=1S/C9H14N4S/c1-2-8(1)13-4-3-7(5-13)12-9-10-6-11-14-9/h6-8H,1-5H2,(H,10,11,12). The lowest BCUT2D eigenvalue weighted by molar-refractivity contribution is 0.326. The smallest absolute Gasteiger partial charge is 0.202 e. The van der Waals surface area contributed by atoms with Crippen LogP contribution in [0.15, 0.2) is 6.33 Å². The van der Waals surface area contributed by atoms with Crippen molar-refractivity contribution in [2.75, 3.05) is 18.4 Å². The highest BCUT2D eigenvalue weighted by Gasteiger charge is 2.34. The molecule has 2 heterocycles. The molecule has 14 heavy (non-hydrogen) atoms. The molecule has 1 aromatic heterocycles. The van der Waals surface area contributed by atoms with E-state index in [0.717, 1.165) is 11.2 Å². The van der Waals surface area contributed by atoms with Gasteiger partial charge in [0.2, 0.25) is 5.13 Å². The first-order valence-electron chi connectivity index (χ1n) is 5.19. The van der Waals surface area contributed by atoms with Crippen molar-refractivity contribution in [2.24, 2.45) is 0 Å². The molecule has 1 aliphatic carbocycles. The fourth-order valence-electron chi connectivity index (χ4n) is 2.09. The van der Waals surface area contributed by atoms with Crippen LogP contribution < -0.4 is 5.32 Å². The summed E-state index contributed by atoms with van der Waals surface area (Å²) >= 11 is 1.44. The van der Waals surface area contributed by atoms with Gasteiger partial charge < -0.3 is 5.32 Å². The third-order valence-electron chi connectivity index (χ3n) is 2.97. The van der Waals surface area contributed by atoms with E-state index in [1.165, 1.54) is 43.9 Å². The fourth-order valence-corrected chi connectivity index (χ4v) is 2.60.